The summed E-state index contributed by atoms with van der Waals surface area (Å²) in [5.74, 6) is 0.751. The van der Waals surface area contributed by atoms with Crippen LogP contribution in [0.2, 0.25) is 0 Å². The molecule has 3 nitrogen and oxygen atoms in total. The molecule has 0 radical (unpaired) electrons. The molecule has 1 unspecified atom stereocenters. The third-order valence-corrected chi connectivity index (χ3v) is 6.58. The molecule has 0 bridgehead atoms. The van der Waals surface area contributed by atoms with Gasteiger partial charge in [-0.15, -0.1) is 0 Å². The van der Waals surface area contributed by atoms with Gasteiger partial charge in [0.05, 0.1) is 11.5 Å². The van der Waals surface area contributed by atoms with Gasteiger partial charge < -0.3 is 5.32 Å². The molecule has 2 fully saturated rings. The highest BCUT2D eigenvalue weighted by atomic mass is 32.2. The van der Waals surface area contributed by atoms with Gasteiger partial charge in [-0.05, 0) is 19.3 Å². The Balaban J connectivity index is 1.77. The summed E-state index contributed by atoms with van der Waals surface area (Å²) in [5, 5.41) is 3.65. The summed E-state index contributed by atoms with van der Waals surface area (Å²) in [7, 11) is -2.75. The molecule has 20 heavy (non-hydrogen) atoms. The molecular formula is C16H31NO2S. The summed E-state index contributed by atoms with van der Waals surface area (Å²) in [5.41, 5.74) is 0. The minimum absolute atomic E-state index is 0.220. The molecule has 0 aromatic rings. The first kappa shape index (κ1) is 16.3. The van der Waals surface area contributed by atoms with E-state index in [1.165, 1.54) is 70.6 Å². The molecule has 0 aromatic carbocycles. The van der Waals surface area contributed by atoms with Gasteiger partial charge >= 0.3 is 0 Å². The van der Waals surface area contributed by atoms with Crippen molar-refractivity contribution in [3.05, 3.63) is 0 Å². The Kier molecular flexibility index (Phi) is 6.82. The van der Waals surface area contributed by atoms with E-state index in [2.05, 4.69) is 5.32 Å². The van der Waals surface area contributed by atoms with Crippen molar-refractivity contribution in [2.75, 3.05) is 11.5 Å². The van der Waals surface area contributed by atoms with Crippen molar-refractivity contribution in [2.45, 2.75) is 89.1 Å². The molecule has 1 saturated carbocycles. The monoisotopic (exact) mass is 301 g/mol. The first-order valence-corrected chi connectivity index (χ1v) is 10.4. The maximum atomic E-state index is 11.5. The molecule has 118 valence electrons. The second-order valence-electron chi connectivity index (χ2n) is 6.72. The first-order chi connectivity index (χ1) is 9.66. The van der Waals surface area contributed by atoms with E-state index in [1.54, 1.807) is 0 Å². The third-order valence-electron chi connectivity index (χ3n) is 4.81. The lowest BCUT2D eigenvalue weighted by atomic mass is 9.97. The Morgan fingerprint density at radius 2 is 1.15 bits per heavy atom. The highest BCUT2D eigenvalue weighted by molar-refractivity contribution is 7.91. The number of nitrogens with one attached hydrogen (secondary N) is 1. The van der Waals surface area contributed by atoms with Gasteiger partial charge in [0.15, 0.2) is 9.84 Å². The Hall–Kier alpha value is -0.0900. The van der Waals surface area contributed by atoms with Gasteiger partial charge in [0.1, 0.15) is 0 Å². The summed E-state index contributed by atoms with van der Waals surface area (Å²) >= 11 is 0. The maximum absolute atomic E-state index is 11.5. The summed E-state index contributed by atoms with van der Waals surface area (Å²) < 4.78 is 23.1. The predicted molar refractivity (Wildman–Crippen MR) is 84.8 cm³/mol. The summed E-state index contributed by atoms with van der Waals surface area (Å²) in [4.78, 5) is 0. The van der Waals surface area contributed by atoms with Crippen molar-refractivity contribution in [1.82, 2.24) is 5.32 Å². The van der Waals surface area contributed by atoms with E-state index < -0.39 is 9.84 Å². The van der Waals surface area contributed by atoms with Crippen LogP contribution in [-0.4, -0.2) is 32.0 Å². The lowest BCUT2D eigenvalue weighted by Crippen LogP contribution is -2.39. The molecule has 1 saturated heterocycles. The zero-order valence-corrected chi connectivity index (χ0v) is 13.6. The largest absolute Gasteiger partial charge is 0.310 e. The molecular weight excluding hydrogens is 270 g/mol. The topological polar surface area (TPSA) is 46.2 Å². The second-order valence-corrected chi connectivity index (χ2v) is 8.95. The van der Waals surface area contributed by atoms with Gasteiger partial charge in [-0.25, -0.2) is 8.42 Å². The average Bonchev–Trinajstić information content (AvgIpc) is 2.72. The van der Waals surface area contributed by atoms with Crippen LogP contribution >= 0.6 is 0 Å². The molecule has 0 aromatic heterocycles. The van der Waals surface area contributed by atoms with E-state index >= 15 is 0 Å². The Bertz CT molecular complexity index is 355. The molecule has 2 aliphatic rings. The van der Waals surface area contributed by atoms with Crippen LogP contribution in [0.4, 0.5) is 0 Å². The Labute approximate surface area is 124 Å². The van der Waals surface area contributed by atoms with E-state index in [0.717, 1.165) is 6.42 Å². The van der Waals surface area contributed by atoms with Crippen LogP contribution in [0.25, 0.3) is 0 Å². The quantitative estimate of drug-likeness (QED) is 0.850. The molecule has 4 heteroatoms. The molecule has 0 spiro atoms. The van der Waals surface area contributed by atoms with E-state index in [4.69, 9.17) is 0 Å². The average molecular weight is 301 g/mol. The number of hydrogen-bond donors (Lipinski definition) is 1. The zero-order chi connectivity index (χ0) is 14.3. The van der Waals surface area contributed by atoms with Crippen LogP contribution in [0.3, 0.4) is 0 Å². The van der Waals surface area contributed by atoms with Crippen LogP contribution in [-0.2, 0) is 9.84 Å². The van der Waals surface area contributed by atoms with E-state index in [9.17, 15) is 8.42 Å². The van der Waals surface area contributed by atoms with E-state index in [-0.39, 0.29) is 6.04 Å². The predicted octanol–water partition coefficient (Wildman–Crippen LogP) is 3.44. The zero-order valence-electron chi connectivity index (χ0n) is 12.8. The fraction of sp³-hybridized carbons (Fsp3) is 1.00. The van der Waals surface area contributed by atoms with Crippen LogP contribution in [0.1, 0.15) is 77.0 Å². The summed E-state index contributed by atoms with van der Waals surface area (Å²) in [6.07, 6.45) is 15.6. The molecule has 2 rings (SSSR count). The minimum Gasteiger partial charge on any atom is -0.310 e. The number of hydrogen-bond acceptors (Lipinski definition) is 3. The second kappa shape index (κ2) is 8.38. The maximum Gasteiger partial charge on any atom is 0.151 e. The van der Waals surface area contributed by atoms with Gasteiger partial charge in [0.2, 0.25) is 0 Å². The fourth-order valence-corrected chi connectivity index (χ4v) is 5.28. The van der Waals surface area contributed by atoms with Crippen molar-refractivity contribution in [2.24, 2.45) is 0 Å². The molecule has 1 heterocycles. The molecule has 1 atom stereocenters. The van der Waals surface area contributed by atoms with Gasteiger partial charge in [-0.1, -0.05) is 57.8 Å². The van der Waals surface area contributed by atoms with Gasteiger partial charge in [-0.3, -0.25) is 0 Å². The Morgan fingerprint density at radius 1 is 0.650 bits per heavy atom. The minimum atomic E-state index is -2.75. The lowest BCUT2D eigenvalue weighted by molar-refractivity contribution is 0.373. The molecule has 0 amide bonds. The van der Waals surface area contributed by atoms with Gasteiger partial charge in [-0.2, -0.15) is 0 Å². The highest BCUT2D eigenvalue weighted by Gasteiger charge is 2.29. The van der Waals surface area contributed by atoms with Crippen LogP contribution < -0.4 is 5.32 Å². The van der Waals surface area contributed by atoms with Crippen molar-refractivity contribution in [1.29, 1.82) is 0 Å². The van der Waals surface area contributed by atoms with Crippen LogP contribution in [0, 0.1) is 0 Å². The van der Waals surface area contributed by atoms with Gasteiger partial charge in [0, 0.05) is 12.1 Å². The van der Waals surface area contributed by atoms with Crippen molar-refractivity contribution >= 4 is 9.84 Å². The van der Waals surface area contributed by atoms with E-state index in [0.29, 0.717) is 17.5 Å². The van der Waals surface area contributed by atoms with Crippen molar-refractivity contribution in [3.8, 4) is 0 Å². The third kappa shape index (κ3) is 6.13. The molecule has 1 aliphatic heterocycles. The van der Waals surface area contributed by atoms with Crippen LogP contribution in [0.5, 0.6) is 0 Å². The van der Waals surface area contributed by atoms with Crippen LogP contribution in [0.15, 0.2) is 0 Å². The molecule has 1 aliphatic carbocycles. The smallest absolute Gasteiger partial charge is 0.151 e. The van der Waals surface area contributed by atoms with E-state index in [1.807, 2.05) is 0 Å². The lowest BCUT2D eigenvalue weighted by Gasteiger charge is -2.23. The SMILES string of the molecule is O=S1(=O)CCC(NC2CCCCCCCCCCC2)C1. The number of sulfone groups is 1. The number of rotatable bonds is 2. The fourth-order valence-electron chi connectivity index (χ4n) is 3.59. The van der Waals surface area contributed by atoms with Crippen molar-refractivity contribution in [3.63, 3.8) is 0 Å². The Morgan fingerprint density at radius 3 is 1.60 bits per heavy atom. The van der Waals surface area contributed by atoms with Gasteiger partial charge in [0.25, 0.3) is 0 Å². The summed E-state index contributed by atoms with van der Waals surface area (Å²) in [6, 6.07) is 0.769. The highest BCUT2D eigenvalue weighted by Crippen LogP contribution is 2.19. The summed E-state index contributed by atoms with van der Waals surface area (Å²) in [6.45, 7) is 0. The standard InChI is InChI=1S/C16H31NO2S/c18-20(19)13-12-16(14-20)17-15-10-8-6-4-2-1-3-5-7-9-11-15/h15-17H,1-14H2. The van der Waals surface area contributed by atoms with Crippen molar-refractivity contribution < 1.29 is 8.42 Å². The normalized spacial score (nSPS) is 30.5. The molecule has 1 N–H and O–H groups in total. The first-order valence-electron chi connectivity index (χ1n) is 8.62.